The lowest BCUT2D eigenvalue weighted by Crippen LogP contribution is -2.36. The summed E-state index contributed by atoms with van der Waals surface area (Å²) in [4.78, 5) is 17.9. The highest BCUT2D eigenvalue weighted by molar-refractivity contribution is 7.85. The number of methoxy groups -OCH3 is 1. The Bertz CT molecular complexity index is 1960. The minimum absolute atomic E-state index is 0.0787. The third-order valence-electron chi connectivity index (χ3n) is 8.12. The zero-order valence-corrected chi connectivity index (χ0v) is 34.4. The fourth-order valence-corrected chi connectivity index (χ4v) is 5.99. The Kier molecular flexibility index (Phi) is 22.6. The van der Waals surface area contributed by atoms with E-state index in [4.69, 9.17) is 55.9 Å². The molecule has 0 bridgehead atoms. The van der Waals surface area contributed by atoms with Gasteiger partial charge in [0.15, 0.2) is 0 Å². The number of aliphatic hydroxyl groups excluding tert-OH is 1. The van der Waals surface area contributed by atoms with E-state index < -0.39 is 10.1 Å². The van der Waals surface area contributed by atoms with E-state index >= 15 is 0 Å². The zero-order valence-electron chi connectivity index (χ0n) is 32.9. The van der Waals surface area contributed by atoms with Gasteiger partial charge in [-0.15, -0.1) is 37.0 Å². The smallest absolute Gasteiger partial charge is 0.264 e. The van der Waals surface area contributed by atoms with Crippen LogP contribution in [0.5, 0.6) is 5.75 Å². The van der Waals surface area contributed by atoms with Crippen LogP contribution >= 0.6 is 11.6 Å². The Morgan fingerprint density at radius 3 is 2.05 bits per heavy atom. The maximum atomic E-state index is 10.2. The second-order valence-corrected chi connectivity index (χ2v) is 14.4. The molecule has 2 aliphatic heterocycles. The number of nitrogens with two attached hydrogens (primary N) is 1. The highest BCUT2D eigenvalue weighted by Gasteiger charge is 2.17. The van der Waals surface area contributed by atoms with Gasteiger partial charge in [0.25, 0.3) is 10.1 Å². The Morgan fingerprint density at radius 1 is 0.946 bits per heavy atom. The van der Waals surface area contributed by atoms with Gasteiger partial charge in [-0.2, -0.15) is 13.4 Å². The van der Waals surface area contributed by atoms with E-state index in [1.807, 2.05) is 30.8 Å². The lowest BCUT2D eigenvalue weighted by atomic mass is 10.1. The van der Waals surface area contributed by atoms with Gasteiger partial charge >= 0.3 is 0 Å². The molecule has 2 aliphatic rings. The highest BCUT2D eigenvalue weighted by atomic mass is 35.5. The van der Waals surface area contributed by atoms with Crippen LogP contribution in [0.15, 0.2) is 12.4 Å². The highest BCUT2D eigenvalue weighted by Crippen LogP contribution is 2.29. The van der Waals surface area contributed by atoms with Gasteiger partial charge in [-0.3, -0.25) is 19.0 Å². The molecule has 3 aromatic heterocycles. The number of rotatable bonds is 11. The van der Waals surface area contributed by atoms with Crippen LogP contribution in [0, 0.1) is 62.7 Å². The average Bonchev–Trinajstić information content (AvgIpc) is 3.52. The van der Waals surface area contributed by atoms with Crippen molar-refractivity contribution in [3.63, 3.8) is 0 Å². The number of ether oxygens (including phenoxy) is 3. The first kappa shape index (κ1) is 47.8. The van der Waals surface area contributed by atoms with Gasteiger partial charge < -0.3 is 29.6 Å². The van der Waals surface area contributed by atoms with Crippen LogP contribution in [0.2, 0.25) is 5.15 Å². The minimum atomic E-state index is -3.29. The maximum absolute atomic E-state index is 10.2. The number of anilines is 1. The molecule has 0 unspecified atom stereocenters. The molecule has 5 heterocycles. The number of morpholine rings is 2. The van der Waals surface area contributed by atoms with Gasteiger partial charge in [0, 0.05) is 88.5 Å². The Morgan fingerprint density at radius 2 is 1.54 bits per heavy atom. The summed E-state index contributed by atoms with van der Waals surface area (Å²) < 4.78 is 42.8. The van der Waals surface area contributed by atoms with Gasteiger partial charge in [-0.1, -0.05) is 23.4 Å². The quantitative estimate of drug-likeness (QED) is 0.126. The monoisotopic (exact) mass is 811 g/mol. The average molecular weight is 812 g/mol. The molecule has 0 spiro atoms. The molecule has 0 aromatic carbocycles. The molecule has 304 valence electrons. The summed E-state index contributed by atoms with van der Waals surface area (Å²) in [6, 6.07) is 0. The van der Waals surface area contributed by atoms with Crippen LogP contribution in [0.3, 0.4) is 0 Å². The first-order valence-corrected chi connectivity index (χ1v) is 20.2. The number of pyridine rings is 1. The van der Waals surface area contributed by atoms with Crippen molar-refractivity contribution in [2.24, 2.45) is 0 Å². The Balaban J connectivity index is 0.000000366. The number of halogens is 1. The van der Waals surface area contributed by atoms with Crippen LogP contribution in [0.4, 0.5) is 5.95 Å². The fraction of sp³-hybridized carbons (Fsp3) is 0.525. The van der Waals surface area contributed by atoms with Crippen LogP contribution in [-0.2, 0) is 30.3 Å². The first-order chi connectivity index (χ1) is 26.9. The third kappa shape index (κ3) is 17.6. The summed E-state index contributed by atoms with van der Waals surface area (Å²) in [7, 11) is -1.62. The SMILES string of the molecule is C#CCCN1CCOCC1.C#CCCO.C#CCCOS(C)(=O)=O.COc1c(C)cnc(Cn2cc(C#CCCN3CCOCC3)c3c(Cl)nc(N)nc32)c1C. The molecule has 0 atom stereocenters. The molecule has 5 rings (SSSR count). The number of nitrogen functional groups attached to an aromatic ring is 1. The van der Waals surface area contributed by atoms with Crippen LogP contribution in [-0.4, -0.2) is 135 Å². The lowest BCUT2D eigenvalue weighted by molar-refractivity contribution is 0.0389. The van der Waals surface area contributed by atoms with Crippen molar-refractivity contribution in [1.29, 1.82) is 0 Å². The molecule has 3 aromatic rings. The number of fused-ring (bicyclic) bond motifs is 1. The number of aliphatic hydroxyl groups is 1. The summed E-state index contributed by atoms with van der Waals surface area (Å²) in [6.07, 6.45) is 21.9. The number of aryl methyl sites for hydroxylation is 1. The first-order valence-electron chi connectivity index (χ1n) is 18.0. The van der Waals surface area contributed by atoms with Crippen molar-refractivity contribution in [3.05, 3.63) is 39.9 Å². The molecule has 0 radical (unpaired) electrons. The molecule has 0 amide bonds. The van der Waals surface area contributed by atoms with Crippen molar-refractivity contribution in [3.8, 4) is 54.6 Å². The van der Waals surface area contributed by atoms with Gasteiger partial charge in [0.05, 0.1) is 76.2 Å². The fourth-order valence-electron chi connectivity index (χ4n) is 5.33. The van der Waals surface area contributed by atoms with Gasteiger partial charge in [0.1, 0.15) is 16.5 Å². The van der Waals surface area contributed by atoms with E-state index in [2.05, 4.69) is 58.5 Å². The van der Waals surface area contributed by atoms with Crippen molar-refractivity contribution in [1.82, 2.24) is 29.3 Å². The molecular formula is C40H54ClN7O7S. The summed E-state index contributed by atoms with van der Waals surface area (Å²) in [5.74, 6) is 14.6. The van der Waals surface area contributed by atoms with Gasteiger partial charge in [-0.05, 0) is 13.8 Å². The minimum Gasteiger partial charge on any atom is -0.496 e. The second kappa shape index (κ2) is 26.5. The summed E-state index contributed by atoms with van der Waals surface area (Å²) in [5, 5.41) is 8.93. The van der Waals surface area contributed by atoms with E-state index in [1.54, 1.807) is 7.11 Å². The standard InChI is InChI=1S/C23H27ClN6O2.C8H13NO.C5H8O3S.C4H6O/c1-15-12-26-18(16(2)20(15)31-3)14-30-13-17(19-21(24)27-23(25)28-22(19)30)6-4-5-7-29-8-10-32-11-9-29;1-2-3-4-9-5-7-10-8-6-9;1-3-4-5-8-9(2,6)7;1-2-3-4-5/h12-13H,5,7-11,14H2,1-3H3,(H2,25,27,28);1H,3-8H2;1H,4-5H2,2H3;1,5H,3-4H2. The zero-order chi connectivity index (χ0) is 41.3. The number of hydrogen-bond donors (Lipinski definition) is 2. The molecule has 16 heteroatoms. The molecule has 2 fully saturated rings. The summed E-state index contributed by atoms with van der Waals surface area (Å²) in [5.41, 5.74) is 10.2. The van der Waals surface area contributed by atoms with E-state index in [0.717, 1.165) is 113 Å². The normalized spacial score (nSPS) is 14.1. The largest absolute Gasteiger partial charge is 0.496 e. The predicted octanol–water partition coefficient (Wildman–Crippen LogP) is 3.14. The molecule has 3 N–H and O–H groups in total. The maximum Gasteiger partial charge on any atom is 0.264 e. The number of aromatic nitrogens is 4. The van der Waals surface area contributed by atoms with E-state index in [9.17, 15) is 8.42 Å². The van der Waals surface area contributed by atoms with Crippen molar-refractivity contribution in [2.75, 3.05) is 98.0 Å². The third-order valence-corrected chi connectivity index (χ3v) is 8.98. The molecule has 0 saturated carbocycles. The molecular weight excluding hydrogens is 758 g/mol. The van der Waals surface area contributed by atoms with E-state index in [1.165, 1.54) is 0 Å². The number of hydrogen-bond acceptors (Lipinski definition) is 13. The Hall–Kier alpha value is -4.39. The summed E-state index contributed by atoms with van der Waals surface area (Å²) >= 11 is 6.45. The van der Waals surface area contributed by atoms with E-state index in [-0.39, 0.29) is 19.2 Å². The Labute approximate surface area is 337 Å². The predicted molar refractivity (Wildman–Crippen MR) is 221 cm³/mol. The van der Waals surface area contributed by atoms with Crippen molar-refractivity contribution < 1.29 is 31.9 Å². The number of terminal acetylenes is 3. The van der Waals surface area contributed by atoms with Crippen LogP contribution in [0.1, 0.15) is 48.1 Å². The topological polar surface area (TPSA) is 167 Å². The summed E-state index contributed by atoms with van der Waals surface area (Å²) in [6.45, 7) is 13.9. The molecule has 0 aliphatic carbocycles. The van der Waals surface area contributed by atoms with Crippen molar-refractivity contribution in [2.45, 2.75) is 46.1 Å². The van der Waals surface area contributed by atoms with Gasteiger partial charge in [-0.25, -0.2) is 4.98 Å². The molecule has 56 heavy (non-hydrogen) atoms. The number of nitrogens with zero attached hydrogens (tertiary/aromatic N) is 6. The second-order valence-electron chi connectivity index (χ2n) is 12.4. The van der Waals surface area contributed by atoms with Crippen molar-refractivity contribution >= 4 is 38.7 Å². The van der Waals surface area contributed by atoms with Crippen LogP contribution < -0.4 is 10.5 Å². The van der Waals surface area contributed by atoms with Gasteiger partial charge in [0.2, 0.25) is 5.95 Å². The molecule has 14 nitrogen and oxygen atoms in total. The van der Waals surface area contributed by atoms with E-state index in [0.29, 0.717) is 35.6 Å². The van der Waals surface area contributed by atoms with Crippen LogP contribution in [0.25, 0.3) is 11.0 Å². The lowest BCUT2D eigenvalue weighted by Gasteiger charge is -2.25. The molecule has 2 saturated heterocycles.